The quantitative estimate of drug-likeness (QED) is 0.696. The summed E-state index contributed by atoms with van der Waals surface area (Å²) in [4.78, 5) is 12.1. The first-order valence-electron chi connectivity index (χ1n) is 4.33. The van der Waals surface area contributed by atoms with Gasteiger partial charge in [0.1, 0.15) is 0 Å². The molecule has 4 heteroatoms. The summed E-state index contributed by atoms with van der Waals surface area (Å²) in [6.45, 7) is 3.78. The van der Waals surface area contributed by atoms with Crippen LogP contribution in [0, 0.1) is 0 Å². The Labute approximate surface area is 72.1 Å². The number of carbonyl (C=O) groups is 1. The standard InChI is InChI=1S/C8H15NO3/c1-2-12-6-7-4-3-5-9(7)8(10)11/h7H,2-6H2,1H3,(H,10,11). The fraction of sp³-hybridized carbons (Fsp3) is 0.875. The summed E-state index contributed by atoms with van der Waals surface area (Å²) in [6, 6.07) is 0.0856. The molecule has 0 aromatic rings. The molecule has 70 valence electrons. The zero-order chi connectivity index (χ0) is 8.97. The van der Waals surface area contributed by atoms with E-state index in [2.05, 4.69) is 0 Å². The van der Waals surface area contributed by atoms with Gasteiger partial charge in [-0.2, -0.15) is 0 Å². The average molecular weight is 173 g/mol. The zero-order valence-electron chi connectivity index (χ0n) is 7.32. The van der Waals surface area contributed by atoms with Crippen LogP contribution >= 0.6 is 0 Å². The number of amides is 1. The average Bonchev–Trinajstić information content (AvgIpc) is 2.48. The number of likely N-dealkylation sites (tertiary alicyclic amines) is 1. The molecule has 1 fully saturated rings. The Morgan fingerprint density at radius 3 is 3.08 bits per heavy atom. The van der Waals surface area contributed by atoms with E-state index in [1.807, 2.05) is 6.92 Å². The molecule has 0 saturated carbocycles. The topological polar surface area (TPSA) is 49.8 Å². The van der Waals surface area contributed by atoms with Gasteiger partial charge >= 0.3 is 6.09 Å². The third kappa shape index (κ3) is 2.11. The molecular weight excluding hydrogens is 158 g/mol. The van der Waals surface area contributed by atoms with E-state index < -0.39 is 6.09 Å². The van der Waals surface area contributed by atoms with Gasteiger partial charge in [0.25, 0.3) is 0 Å². The first-order chi connectivity index (χ1) is 5.75. The molecule has 1 saturated heterocycles. The predicted molar refractivity (Wildman–Crippen MR) is 44.2 cm³/mol. The summed E-state index contributed by atoms with van der Waals surface area (Å²) >= 11 is 0. The molecule has 1 aliphatic heterocycles. The molecular formula is C8H15NO3. The third-order valence-electron chi connectivity index (χ3n) is 2.14. The summed E-state index contributed by atoms with van der Waals surface area (Å²) < 4.78 is 5.19. The van der Waals surface area contributed by atoms with Crippen LogP contribution in [0.5, 0.6) is 0 Å². The number of hydrogen-bond acceptors (Lipinski definition) is 2. The monoisotopic (exact) mass is 173 g/mol. The minimum atomic E-state index is -0.822. The van der Waals surface area contributed by atoms with E-state index in [-0.39, 0.29) is 6.04 Å². The maximum atomic E-state index is 10.6. The molecule has 1 atom stereocenters. The lowest BCUT2D eigenvalue weighted by molar-refractivity contribution is 0.0790. The molecule has 0 aliphatic carbocycles. The Bertz CT molecular complexity index is 160. The molecule has 1 amide bonds. The van der Waals surface area contributed by atoms with E-state index in [9.17, 15) is 4.79 Å². The summed E-state index contributed by atoms with van der Waals surface area (Å²) in [5.74, 6) is 0. The number of nitrogens with zero attached hydrogens (tertiary/aromatic N) is 1. The predicted octanol–water partition coefficient (Wildman–Crippen LogP) is 1.17. The second kappa shape index (κ2) is 4.30. The van der Waals surface area contributed by atoms with E-state index >= 15 is 0 Å². The Morgan fingerprint density at radius 2 is 2.50 bits per heavy atom. The molecule has 0 spiro atoms. The van der Waals surface area contributed by atoms with E-state index in [4.69, 9.17) is 9.84 Å². The second-order valence-corrected chi connectivity index (χ2v) is 2.93. The van der Waals surface area contributed by atoms with E-state index in [1.54, 1.807) is 0 Å². The largest absolute Gasteiger partial charge is 0.465 e. The molecule has 1 unspecified atom stereocenters. The normalized spacial score (nSPS) is 23.1. The van der Waals surface area contributed by atoms with Gasteiger partial charge in [-0.1, -0.05) is 0 Å². The number of rotatable bonds is 3. The van der Waals surface area contributed by atoms with Crippen molar-refractivity contribution in [2.24, 2.45) is 0 Å². The van der Waals surface area contributed by atoms with Gasteiger partial charge in [0.05, 0.1) is 12.6 Å². The minimum Gasteiger partial charge on any atom is -0.465 e. The van der Waals surface area contributed by atoms with Crippen molar-refractivity contribution in [3.63, 3.8) is 0 Å². The van der Waals surface area contributed by atoms with Crippen molar-refractivity contribution in [3.8, 4) is 0 Å². The SMILES string of the molecule is CCOCC1CCCN1C(=O)O. The van der Waals surface area contributed by atoms with Crippen LogP contribution in [0.1, 0.15) is 19.8 Å². The maximum Gasteiger partial charge on any atom is 0.407 e. The fourth-order valence-corrected chi connectivity index (χ4v) is 1.51. The smallest absolute Gasteiger partial charge is 0.407 e. The molecule has 12 heavy (non-hydrogen) atoms. The zero-order valence-corrected chi connectivity index (χ0v) is 7.32. The lowest BCUT2D eigenvalue weighted by atomic mass is 10.2. The van der Waals surface area contributed by atoms with Crippen LogP contribution in [0.2, 0.25) is 0 Å². The van der Waals surface area contributed by atoms with Crippen LogP contribution in [0.15, 0.2) is 0 Å². The van der Waals surface area contributed by atoms with Gasteiger partial charge < -0.3 is 14.7 Å². The summed E-state index contributed by atoms with van der Waals surface area (Å²) in [6.07, 6.45) is 1.08. The van der Waals surface area contributed by atoms with Gasteiger partial charge in [-0.15, -0.1) is 0 Å². The van der Waals surface area contributed by atoms with Crippen LogP contribution in [0.3, 0.4) is 0 Å². The van der Waals surface area contributed by atoms with Crippen molar-refractivity contribution < 1.29 is 14.6 Å². The number of carboxylic acid groups (broad SMARTS) is 1. The van der Waals surface area contributed by atoms with Crippen molar-refractivity contribution in [3.05, 3.63) is 0 Å². The van der Waals surface area contributed by atoms with Gasteiger partial charge in [-0.25, -0.2) is 4.79 Å². The molecule has 4 nitrogen and oxygen atoms in total. The van der Waals surface area contributed by atoms with Crippen LogP contribution < -0.4 is 0 Å². The van der Waals surface area contributed by atoms with Crippen LogP contribution in [0.25, 0.3) is 0 Å². The van der Waals surface area contributed by atoms with Crippen molar-refractivity contribution in [2.75, 3.05) is 19.8 Å². The molecule has 1 rings (SSSR count). The van der Waals surface area contributed by atoms with Crippen LogP contribution in [-0.2, 0) is 4.74 Å². The van der Waals surface area contributed by atoms with Gasteiger partial charge in [0, 0.05) is 13.2 Å². The highest BCUT2D eigenvalue weighted by Crippen LogP contribution is 2.17. The Kier molecular flexibility index (Phi) is 3.34. The third-order valence-corrected chi connectivity index (χ3v) is 2.14. The van der Waals surface area contributed by atoms with Gasteiger partial charge in [0.2, 0.25) is 0 Å². The molecule has 0 radical (unpaired) electrons. The number of ether oxygens (including phenoxy) is 1. The van der Waals surface area contributed by atoms with Crippen molar-refractivity contribution in [1.82, 2.24) is 4.90 Å². The first-order valence-corrected chi connectivity index (χ1v) is 4.33. The van der Waals surface area contributed by atoms with Crippen molar-refractivity contribution in [1.29, 1.82) is 0 Å². The molecule has 0 aromatic carbocycles. The van der Waals surface area contributed by atoms with Crippen LogP contribution in [-0.4, -0.2) is 41.9 Å². The molecule has 1 heterocycles. The molecule has 0 bridgehead atoms. The maximum absolute atomic E-state index is 10.6. The van der Waals surface area contributed by atoms with Crippen molar-refractivity contribution in [2.45, 2.75) is 25.8 Å². The Balaban J connectivity index is 2.35. The fourth-order valence-electron chi connectivity index (χ4n) is 1.51. The number of hydrogen-bond donors (Lipinski definition) is 1. The lowest BCUT2D eigenvalue weighted by Gasteiger charge is -2.20. The highest BCUT2D eigenvalue weighted by atomic mass is 16.5. The van der Waals surface area contributed by atoms with Gasteiger partial charge in [0.15, 0.2) is 0 Å². The summed E-state index contributed by atoms with van der Waals surface area (Å²) in [7, 11) is 0. The Hall–Kier alpha value is -0.770. The van der Waals surface area contributed by atoms with Gasteiger partial charge in [-0.3, -0.25) is 0 Å². The van der Waals surface area contributed by atoms with Crippen LogP contribution in [0.4, 0.5) is 4.79 Å². The Morgan fingerprint density at radius 1 is 1.75 bits per heavy atom. The molecule has 1 N–H and O–H groups in total. The first kappa shape index (κ1) is 9.32. The lowest BCUT2D eigenvalue weighted by Crippen LogP contribution is -2.37. The van der Waals surface area contributed by atoms with E-state index in [1.165, 1.54) is 4.90 Å². The highest BCUT2D eigenvalue weighted by molar-refractivity contribution is 5.65. The molecule has 1 aliphatic rings. The highest BCUT2D eigenvalue weighted by Gasteiger charge is 2.27. The summed E-state index contributed by atoms with van der Waals surface area (Å²) in [5.41, 5.74) is 0. The van der Waals surface area contributed by atoms with Crippen molar-refractivity contribution >= 4 is 6.09 Å². The van der Waals surface area contributed by atoms with Gasteiger partial charge in [-0.05, 0) is 19.8 Å². The van der Waals surface area contributed by atoms with E-state index in [0.29, 0.717) is 19.8 Å². The van der Waals surface area contributed by atoms with E-state index in [0.717, 1.165) is 12.8 Å². The summed E-state index contributed by atoms with van der Waals surface area (Å²) in [5, 5.41) is 8.75. The second-order valence-electron chi connectivity index (χ2n) is 2.93. The molecule has 0 aromatic heterocycles. The minimum absolute atomic E-state index is 0.0856.